The molecule has 0 atom stereocenters. The fourth-order valence-electron chi connectivity index (χ4n) is 1.90. The number of hydrogen-bond acceptors (Lipinski definition) is 3. The Morgan fingerprint density at radius 3 is 2.94 bits per heavy atom. The van der Waals surface area contributed by atoms with Crippen LogP contribution in [0.5, 0.6) is 0 Å². The molecule has 0 aliphatic heterocycles. The SMILES string of the molecule is CSc1nc2c(cc3ccccc3[n+]2C)o1. The van der Waals surface area contributed by atoms with E-state index in [9.17, 15) is 0 Å². The fraction of sp³-hybridized carbons (Fsp3) is 0.167. The molecule has 0 saturated heterocycles. The average molecular weight is 231 g/mol. The Kier molecular flexibility index (Phi) is 2.11. The molecule has 2 heterocycles. The van der Waals surface area contributed by atoms with Crippen molar-refractivity contribution in [1.29, 1.82) is 0 Å². The van der Waals surface area contributed by atoms with Gasteiger partial charge in [0.15, 0.2) is 0 Å². The maximum absolute atomic E-state index is 5.64. The molecule has 0 radical (unpaired) electrons. The highest BCUT2D eigenvalue weighted by Crippen LogP contribution is 2.22. The van der Waals surface area contributed by atoms with E-state index in [2.05, 4.69) is 21.7 Å². The minimum absolute atomic E-state index is 0.709. The van der Waals surface area contributed by atoms with Crippen LogP contribution in [0.25, 0.3) is 22.1 Å². The molecule has 3 rings (SSSR count). The molecule has 0 aliphatic carbocycles. The van der Waals surface area contributed by atoms with Gasteiger partial charge in [-0.2, -0.15) is 0 Å². The Morgan fingerprint density at radius 2 is 2.12 bits per heavy atom. The van der Waals surface area contributed by atoms with Crippen LogP contribution in [-0.2, 0) is 7.05 Å². The van der Waals surface area contributed by atoms with E-state index in [4.69, 9.17) is 4.42 Å². The van der Waals surface area contributed by atoms with Gasteiger partial charge in [-0.1, -0.05) is 18.2 Å². The van der Waals surface area contributed by atoms with Crippen LogP contribution < -0.4 is 4.57 Å². The van der Waals surface area contributed by atoms with E-state index >= 15 is 0 Å². The zero-order valence-corrected chi connectivity index (χ0v) is 9.91. The van der Waals surface area contributed by atoms with E-state index in [1.807, 2.05) is 31.5 Å². The molecule has 3 aromatic rings. The summed E-state index contributed by atoms with van der Waals surface area (Å²) >= 11 is 1.52. The molecular weight excluding hydrogens is 220 g/mol. The van der Waals surface area contributed by atoms with E-state index in [1.54, 1.807) is 0 Å². The quantitative estimate of drug-likeness (QED) is 0.476. The number of fused-ring (bicyclic) bond motifs is 2. The Morgan fingerprint density at radius 1 is 1.31 bits per heavy atom. The Hall–Kier alpha value is -1.55. The predicted molar refractivity (Wildman–Crippen MR) is 64.5 cm³/mol. The molecule has 16 heavy (non-hydrogen) atoms. The zero-order chi connectivity index (χ0) is 11.1. The number of thioether (sulfide) groups is 1. The third kappa shape index (κ3) is 1.30. The average Bonchev–Trinajstić information content (AvgIpc) is 2.73. The lowest BCUT2D eigenvalue weighted by molar-refractivity contribution is -0.619. The van der Waals surface area contributed by atoms with Crippen LogP contribution >= 0.6 is 11.8 Å². The van der Waals surface area contributed by atoms with Crippen LogP contribution in [0.1, 0.15) is 0 Å². The van der Waals surface area contributed by atoms with Gasteiger partial charge in [0, 0.05) is 16.4 Å². The number of para-hydroxylation sites is 1. The van der Waals surface area contributed by atoms with E-state index in [0.717, 1.165) is 16.7 Å². The van der Waals surface area contributed by atoms with E-state index in [-0.39, 0.29) is 0 Å². The summed E-state index contributed by atoms with van der Waals surface area (Å²) in [6, 6.07) is 10.3. The van der Waals surface area contributed by atoms with E-state index in [1.165, 1.54) is 17.1 Å². The summed E-state index contributed by atoms with van der Waals surface area (Å²) in [5.74, 6) is 0. The van der Waals surface area contributed by atoms with Gasteiger partial charge < -0.3 is 4.42 Å². The standard InChI is InChI=1S/C12H11N2OS/c1-14-9-6-4-3-5-8(9)7-10-11(14)13-12(15-10)16-2/h3-7H,1-2H3/q+1. The summed E-state index contributed by atoms with van der Waals surface area (Å²) in [5.41, 5.74) is 2.89. The van der Waals surface area contributed by atoms with Crippen LogP contribution in [0.2, 0.25) is 0 Å². The van der Waals surface area contributed by atoms with Crippen LogP contribution in [0.3, 0.4) is 0 Å². The lowest BCUT2D eigenvalue weighted by Gasteiger charge is -1.97. The van der Waals surface area contributed by atoms with Gasteiger partial charge in [-0.25, -0.2) is 4.57 Å². The topological polar surface area (TPSA) is 29.9 Å². The maximum Gasteiger partial charge on any atom is 0.371 e. The van der Waals surface area contributed by atoms with Gasteiger partial charge in [-0.3, -0.25) is 0 Å². The second-order valence-corrected chi connectivity index (χ2v) is 4.39. The largest absolute Gasteiger partial charge is 0.406 e. The van der Waals surface area contributed by atoms with E-state index < -0.39 is 0 Å². The van der Waals surface area contributed by atoms with Crippen molar-refractivity contribution < 1.29 is 8.98 Å². The fourth-order valence-corrected chi connectivity index (χ4v) is 2.25. The van der Waals surface area contributed by atoms with Gasteiger partial charge in [0.25, 0.3) is 0 Å². The van der Waals surface area contributed by atoms with Crippen LogP contribution in [0.4, 0.5) is 0 Å². The highest BCUT2D eigenvalue weighted by molar-refractivity contribution is 7.98. The van der Waals surface area contributed by atoms with Crippen molar-refractivity contribution in [3.05, 3.63) is 30.3 Å². The number of aryl methyl sites for hydroxylation is 1. The first-order chi connectivity index (χ1) is 7.79. The number of benzene rings is 1. The molecule has 0 bridgehead atoms. The molecule has 0 unspecified atom stereocenters. The summed E-state index contributed by atoms with van der Waals surface area (Å²) in [4.78, 5) is 4.44. The van der Waals surface area contributed by atoms with Crippen molar-refractivity contribution in [2.24, 2.45) is 7.05 Å². The third-order valence-corrected chi connectivity index (χ3v) is 3.22. The second kappa shape index (κ2) is 3.49. The van der Waals surface area contributed by atoms with Crippen molar-refractivity contribution in [3.63, 3.8) is 0 Å². The van der Waals surface area contributed by atoms with Crippen molar-refractivity contribution in [3.8, 4) is 0 Å². The minimum atomic E-state index is 0.709. The third-order valence-electron chi connectivity index (χ3n) is 2.69. The number of rotatable bonds is 1. The van der Waals surface area contributed by atoms with Crippen LogP contribution in [-0.4, -0.2) is 11.2 Å². The number of nitrogens with zero attached hydrogens (tertiary/aromatic N) is 2. The van der Waals surface area contributed by atoms with Crippen molar-refractivity contribution >= 4 is 33.9 Å². The van der Waals surface area contributed by atoms with E-state index in [0.29, 0.717) is 5.22 Å². The molecule has 1 aromatic carbocycles. The van der Waals surface area contributed by atoms with Gasteiger partial charge in [-0.15, -0.1) is 0 Å². The van der Waals surface area contributed by atoms with Gasteiger partial charge in [0.05, 0.1) is 7.05 Å². The normalized spacial score (nSPS) is 11.4. The smallest absolute Gasteiger partial charge is 0.371 e. The summed E-state index contributed by atoms with van der Waals surface area (Å²) < 4.78 is 7.70. The summed E-state index contributed by atoms with van der Waals surface area (Å²) in [6.07, 6.45) is 1.96. The Labute approximate surface area is 97.1 Å². The van der Waals surface area contributed by atoms with Crippen molar-refractivity contribution in [2.45, 2.75) is 5.22 Å². The van der Waals surface area contributed by atoms with Gasteiger partial charge >= 0.3 is 10.9 Å². The lowest BCUT2D eigenvalue weighted by atomic mass is 10.2. The summed E-state index contributed by atoms with van der Waals surface area (Å²) in [6.45, 7) is 0. The molecule has 80 valence electrons. The van der Waals surface area contributed by atoms with Gasteiger partial charge in [0.2, 0.25) is 5.58 Å². The van der Waals surface area contributed by atoms with Gasteiger partial charge in [-0.05, 0) is 24.1 Å². The summed E-state index contributed by atoms with van der Waals surface area (Å²) in [7, 11) is 2.01. The molecule has 2 aromatic heterocycles. The molecule has 0 saturated carbocycles. The summed E-state index contributed by atoms with van der Waals surface area (Å²) in [5, 5.41) is 1.88. The lowest BCUT2D eigenvalue weighted by Crippen LogP contribution is -2.30. The highest BCUT2D eigenvalue weighted by atomic mass is 32.2. The van der Waals surface area contributed by atoms with Crippen molar-refractivity contribution in [2.75, 3.05) is 6.26 Å². The number of pyridine rings is 1. The zero-order valence-electron chi connectivity index (χ0n) is 9.10. The second-order valence-electron chi connectivity index (χ2n) is 3.63. The number of hydrogen-bond donors (Lipinski definition) is 0. The molecular formula is C12H11N2OS+. The molecule has 0 N–H and O–H groups in total. The van der Waals surface area contributed by atoms with Crippen molar-refractivity contribution in [1.82, 2.24) is 4.98 Å². The highest BCUT2D eigenvalue weighted by Gasteiger charge is 2.18. The van der Waals surface area contributed by atoms with Crippen LogP contribution in [0.15, 0.2) is 40.0 Å². The maximum atomic E-state index is 5.64. The molecule has 3 nitrogen and oxygen atoms in total. The Balaban J connectivity index is 2.48. The van der Waals surface area contributed by atoms with Gasteiger partial charge in [0.1, 0.15) is 5.52 Å². The molecule has 0 amide bonds. The first kappa shape index (κ1) is 9.66. The molecule has 0 fully saturated rings. The first-order valence-electron chi connectivity index (χ1n) is 5.02. The molecule has 0 spiro atoms. The minimum Gasteiger partial charge on any atom is -0.406 e. The number of oxazole rings is 1. The monoisotopic (exact) mass is 231 g/mol. The first-order valence-corrected chi connectivity index (χ1v) is 6.24. The molecule has 4 heteroatoms. The Bertz CT molecular complexity index is 675. The van der Waals surface area contributed by atoms with Crippen LogP contribution in [0, 0.1) is 0 Å². The number of aromatic nitrogens is 2. The molecule has 0 aliphatic rings. The predicted octanol–water partition coefficient (Wildman–Crippen LogP) is 2.53.